The van der Waals surface area contributed by atoms with Crippen LogP contribution < -0.4 is 4.90 Å². The first-order valence-electron chi connectivity index (χ1n) is 15.1. The molecule has 0 bridgehead atoms. The van der Waals surface area contributed by atoms with Gasteiger partial charge in [0.1, 0.15) is 5.75 Å². The second-order valence-corrected chi connectivity index (χ2v) is 14.8. The second kappa shape index (κ2) is 10.4. The molecule has 1 saturated carbocycles. The number of benzene rings is 3. The van der Waals surface area contributed by atoms with Crippen LogP contribution in [0.2, 0.25) is 5.02 Å². The van der Waals surface area contributed by atoms with Gasteiger partial charge >= 0.3 is 0 Å². The molecule has 3 fully saturated rings. The Labute approximate surface area is 275 Å². The van der Waals surface area contributed by atoms with Crippen molar-refractivity contribution in [2.45, 2.75) is 50.5 Å². The van der Waals surface area contributed by atoms with Crippen molar-refractivity contribution in [2.24, 2.45) is 23.7 Å². The van der Waals surface area contributed by atoms with Crippen molar-refractivity contribution in [3.05, 3.63) is 105 Å². The minimum Gasteiger partial charge on any atom is -0.508 e. The van der Waals surface area contributed by atoms with E-state index in [1.165, 1.54) is 9.80 Å². The smallest absolute Gasteiger partial charge is 0.246 e. The van der Waals surface area contributed by atoms with Crippen LogP contribution in [0.3, 0.4) is 0 Å². The van der Waals surface area contributed by atoms with Gasteiger partial charge in [0.15, 0.2) is 0 Å². The Morgan fingerprint density at radius 1 is 0.889 bits per heavy atom. The predicted octanol–water partition coefficient (Wildman–Crippen LogP) is 6.77. The quantitative estimate of drug-likeness (QED) is 0.242. The fourth-order valence-corrected chi connectivity index (χ4v) is 9.07. The number of nitrogens with zero attached hydrogens (tertiary/aromatic N) is 2. The molecule has 7 nitrogen and oxygen atoms in total. The van der Waals surface area contributed by atoms with E-state index in [-0.39, 0.29) is 24.0 Å². The van der Waals surface area contributed by atoms with Crippen molar-refractivity contribution in [2.75, 3.05) is 4.90 Å². The monoisotopic (exact) mass is 686 g/mol. The van der Waals surface area contributed by atoms with Crippen molar-refractivity contribution in [3.8, 4) is 5.75 Å². The van der Waals surface area contributed by atoms with Crippen molar-refractivity contribution < 1.29 is 24.3 Å². The number of imide groups is 2. The van der Waals surface area contributed by atoms with E-state index in [4.69, 9.17) is 11.6 Å². The summed E-state index contributed by atoms with van der Waals surface area (Å²) in [7, 11) is 0. The molecule has 9 heteroatoms. The zero-order valence-electron chi connectivity index (χ0n) is 25.0. The van der Waals surface area contributed by atoms with Gasteiger partial charge in [0.05, 0.1) is 28.9 Å². The van der Waals surface area contributed by atoms with Gasteiger partial charge in [-0.2, -0.15) is 0 Å². The normalized spacial score (nSPS) is 29.4. The zero-order valence-corrected chi connectivity index (χ0v) is 27.4. The van der Waals surface area contributed by atoms with Crippen molar-refractivity contribution in [3.63, 3.8) is 0 Å². The first kappa shape index (κ1) is 29.9. The van der Waals surface area contributed by atoms with Gasteiger partial charge in [-0.3, -0.25) is 24.1 Å². The van der Waals surface area contributed by atoms with E-state index in [0.29, 0.717) is 32.7 Å². The van der Waals surface area contributed by atoms with Crippen LogP contribution in [0, 0.1) is 23.7 Å². The van der Waals surface area contributed by atoms with Gasteiger partial charge in [-0.05, 0) is 81.5 Å². The average Bonchev–Trinajstić information content (AvgIpc) is 3.39. The number of fused-ring (bicyclic) bond motifs is 4. The highest BCUT2D eigenvalue weighted by molar-refractivity contribution is 9.10. The van der Waals surface area contributed by atoms with Crippen LogP contribution >= 0.6 is 27.5 Å². The highest BCUT2D eigenvalue weighted by atomic mass is 79.9. The van der Waals surface area contributed by atoms with Crippen molar-refractivity contribution in [1.29, 1.82) is 0 Å². The number of rotatable bonds is 3. The zero-order chi connectivity index (χ0) is 32.0. The maximum atomic E-state index is 15.2. The lowest BCUT2D eigenvalue weighted by molar-refractivity contribution is -0.145. The molecule has 2 saturated heterocycles. The number of hydrogen-bond donors (Lipinski definition) is 1. The third-order valence-electron chi connectivity index (χ3n) is 10.1. The number of hydrogen-bond acceptors (Lipinski definition) is 5. The van der Waals surface area contributed by atoms with E-state index < -0.39 is 52.4 Å². The minimum atomic E-state index is -1.44. The Kier molecular flexibility index (Phi) is 6.91. The molecular formula is C36H32BrClN2O5. The second-order valence-electron chi connectivity index (χ2n) is 13.5. The molecule has 0 spiro atoms. The lowest BCUT2D eigenvalue weighted by Crippen LogP contribution is -2.53. The summed E-state index contributed by atoms with van der Waals surface area (Å²) in [5.41, 5.74) is 0.137. The average molecular weight is 688 g/mol. The largest absolute Gasteiger partial charge is 0.508 e. The third-order valence-corrected chi connectivity index (χ3v) is 10.9. The SMILES string of the molecule is CC(C)(C)N1C(=O)C2CC=C3C(CC4C(=O)N(c5cccc(Cl)c5)C(=O)C4(c4ccccc4)C3c3cc(Br)ccc3O)C2C1=O. The van der Waals surface area contributed by atoms with E-state index in [1.54, 1.807) is 42.5 Å². The topological polar surface area (TPSA) is 95.0 Å². The fourth-order valence-electron chi connectivity index (χ4n) is 8.51. The molecule has 45 heavy (non-hydrogen) atoms. The highest BCUT2D eigenvalue weighted by Crippen LogP contribution is 2.65. The molecule has 2 aliphatic carbocycles. The summed E-state index contributed by atoms with van der Waals surface area (Å²) >= 11 is 9.92. The van der Waals surface area contributed by atoms with E-state index in [2.05, 4.69) is 15.9 Å². The van der Waals surface area contributed by atoms with Gasteiger partial charge in [0.2, 0.25) is 23.6 Å². The van der Waals surface area contributed by atoms with Gasteiger partial charge < -0.3 is 5.11 Å². The summed E-state index contributed by atoms with van der Waals surface area (Å²) in [6.07, 6.45) is 2.52. The Hall–Kier alpha value is -3.75. The number of aromatic hydroxyl groups is 1. The third kappa shape index (κ3) is 4.21. The van der Waals surface area contributed by atoms with Crippen LogP contribution in [0.1, 0.15) is 50.7 Å². The van der Waals surface area contributed by atoms with Crippen LogP contribution in [-0.4, -0.2) is 39.2 Å². The number of allylic oxidation sites excluding steroid dienone is 2. The van der Waals surface area contributed by atoms with Gasteiger partial charge in [-0.1, -0.05) is 75.6 Å². The number of carbonyl (C=O) groups excluding carboxylic acids is 4. The highest BCUT2D eigenvalue weighted by Gasteiger charge is 2.70. The minimum absolute atomic E-state index is 0.0208. The summed E-state index contributed by atoms with van der Waals surface area (Å²) in [6, 6.07) is 21.0. The van der Waals surface area contributed by atoms with E-state index >= 15 is 4.79 Å². The lowest BCUT2D eigenvalue weighted by Gasteiger charge is -2.50. The van der Waals surface area contributed by atoms with E-state index in [1.807, 2.05) is 57.2 Å². The first-order valence-corrected chi connectivity index (χ1v) is 16.3. The number of halogens is 2. The molecule has 3 aromatic carbocycles. The van der Waals surface area contributed by atoms with E-state index in [0.717, 1.165) is 5.57 Å². The van der Waals surface area contributed by atoms with Crippen LogP contribution in [0.5, 0.6) is 5.75 Å². The summed E-state index contributed by atoms with van der Waals surface area (Å²) < 4.78 is 0.695. The molecule has 6 unspecified atom stereocenters. The first-order chi connectivity index (χ1) is 21.4. The number of phenols is 1. The van der Waals surface area contributed by atoms with Crippen molar-refractivity contribution >= 4 is 56.8 Å². The number of phenolic OH excluding ortho intramolecular Hbond substituents is 1. The van der Waals surface area contributed by atoms with Gasteiger partial charge in [0.25, 0.3) is 0 Å². The van der Waals surface area contributed by atoms with Crippen LogP contribution in [0.15, 0.2) is 88.9 Å². The summed E-state index contributed by atoms with van der Waals surface area (Å²) in [5.74, 6) is -4.69. The Bertz CT molecular complexity index is 1820. The molecule has 2 aliphatic heterocycles. The maximum Gasteiger partial charge on any atom is 0.246 e. The van der Waals surface area contributed by atoms with Crippen LogP contribution in [0.25, 0.3) is 0 Å². The predicted molar refractivity (Wildman–Crippen MR) is 173 cm³/mol. The molecule has 6 atom stereocenters. The summed E-state index contributed by atoms with van der Waals surface area (Å²) in [6.45, 7) is 5.54. The Morgan fingerprint density at radius 2 is 1.62 bits per heavy atom. The number of likely N-dealkylation sites (tertiary alicyclic amines) is 1. The molecule has 3 aromatic rings. The number of amides is 4. The Morgan fingerprint density at radius 3 is 2.31 bits per heavy atom. The van der Waals surface area contributed by atoms with Gasteiger partial charge in [-0.25, -0.2) is 4.90 Å². The molecule has 0 radical (unpaired) electrons. The lowest BCUT2D eigenvalue weighted by atomic mass is 9.49. The van der Waals surface area contributed by atoms with E-state index in [9.17, 15) is 19.5 Å². The summed E-state index contributed by atoms with van der Waals surface area (Å²) in [5, 5.41) is 11.8. The molecule has 2 heterocycles. The fraction of sp³-hybridized carbons (Fsp3) is 0.333. The Balaban J connectivity index is 1.51. The van der Waals surface area contributed by atoms with Gasteiger partial charge in [-0.15, -0.1) is 0 Å². The van der Waals surface area contributed by atoms with Crippen molar-refractivity contribution in [1.82, 2.24) is 4.90 Å². The van der Waals surface area contributed by atoms with Crippen LogP contribution in [-0.2, 0) is 24.6 Å². The molecule has 230 valence electrons. The standard InChI is InChI=1S/C36H32BrClN2O5/c1-35(2,3)40-31(42)24-14-13-23-25(29(24)33(40)44)18-27-32(43)39(22-11-7-10-21(38)17-22)34(45)36(27,19-8-5-4-6-9-19)30(23)26-16-20(37)12-15-28(26)41/h4-13,15-17,24-25,27,29-30,41H,14,18H2,1-3H3. The number of anilines is 1. The number of carbonyl (C=O) groups is 4. The molecule has 0 aromatic heterocycles. The molecule has 4 amide bonds. The van der Waals surface area contributed by atoms with Gasteiger partial charge in [0, 0.05) is 26.5 Å². The molecule has 1 N–H and O–H groups in total. The summed E-state index contributed by atoms with van der Waals surface area (Å²) in [4.78, 5) is 60.4. The molecule has 4 aliphatic rings. The molecular weight excluding hydrogens is 656 g/mol. The maximum absolute atomic E-state index is 15.2. The van der Waals surface area contributed by atoms with Crippen LogP contribution in [0.4, 0.5) is 5.69 Å². The molecule has 7 rings (SSSR count).